The summed E-state index contributed by atoms with van der Waals surface area (Å²) in [7, 11) is 0. The highest BCUT2D eigenvalue weighted by Crippen LogP contribution is 2.27. The average Bonchev–Trinajstić information content (AvgIpc) is 2.90. The van der Waals surface area contributed by atoms with Crippen LogP contribution in [0.25, 0.3) is 0 Å². The number of esters is 1. The summed E-state index contributed by atoms with van der Waals surface area (Å²) in [5, 5.41) is 5.42. The summed E-state index contributed by atoms with van der Waals surface area (Å²) in [4.78, 5) is 23.9. The lowest BCUT2D eigenvalue weighted by atomic mass is 10.2. The quantitative estimate of drug-likeness (QED) is 0.779. The fourth-order valence-electron chi connectivity index (χ4n) is 1.59. The molecule has 0 spiro atoms. The van der Waals surface area contributed by atoms with Crippen LogP contribution in [0.1, 0.15) is 27.6 Å². The summed E-state index contributed by atoms with van der Waals surface area (Å²) in [5.41, 5.74) is 0.790. The molecule has 0 fully saturated rings. The first kappa shape index (κ1) is 16.0. The number of thiophene rings is 1. The number of ether oxygens (including phenoxy) is 1. The fourth-order valence-corrected chi connectivity index (χ4v) is 2.85. The molecule has 1 amide bonds. The van der Waals surface area contributed by atoms with Crippen molar-refractivity contribution in [1.82, 2.24) is 0 Å². The number of nitrogens with one attached hydrogen (secondary N) is 1. The number of halogens is 2. The predicted octanol–water partition coefficient (Wildman–Crippen LogP) is 4.59. The van der Waals surface area contributed by atoms with E-state index in [1.807, 2.05) is 0 Å². The van der Waals surface area contributed by atoms with Crippen LogP contribution >= 0.6 is 38.9 Å². The first-order valence-corrected chi connectivity index (χ1v) is 8.09. The number of carbonyl (C=O) groups is 2. The van der Waals surface area contributed by atoms with Crippen molar-refractivity contribution in [3.8, 4) is 0 Å². The van der Waals surface area contributed by atoms with Crippen molar-refractivity contribution >= 4 is 55.7 Å². The second-order valence-electron chi connectivity index (χ2n) is 3.97. The number of amides is 1. The van der Waals surface area contributed by atoms with E-state index in [-0.39, 0.29) is 12.5 Å². The molecule has 4 nitrogen and oxygen atoms in total. The van der Waals surface area contributed by atoms with E-state index >= 15 is 0 Å². The fraction of sp³-hybridized carbons (Fsp3) is 0.143. The molecular weight excluding hydrogens is 378 g/mol. The highest BCUT2D eigenvalue weighted by molar-refractivity contribution is 9.10. The molecule has 110 valence electrons. The van der Waals surface area contributed by atoms with Gasteiger partial charge in [-0.3, -0.25) is 4.79 Å². The molecule has 2 aromatic rings. The Morgan fingerprint density at radius 3 is 2.81 bits per heavy atom. The smallest absolute Gasteiger partial charge is 0.341 e. The Bertz CT molecular complexity index is 687. The Labute approximate surface area is 139 Å². The van der Waals surface area contributed by atoms with Crippen molar-refractivity contribution in [3.63, 3.8) is 0 Å². The van der Waals surface area contributed by atoms with Crippen molar-refractivity contribution in [2.24, 2.45) is 0 Å². The third-order valence-corrected chi connectivity index (χ3v) is 4.61. The van der Waals surface area contributed by atoms with E-state index < -0.39 is 5.97 Å². The van der Waals surface area contributed by atoms with E-state index in [1.54, 1.807) is 36.6 Å². The van der Waals surface area contributed by atoms with Gasteiger partial charge in [-0.25, -0.2) is 4.79 Å². The Morgan fingerprint density at radius 1 is 1.38 bits per heavy atom. The van der Waals surface area contributed by atoms with Crippen molar-refractivity contribution in [2.45, 2.75) is 6.92 Å². The average molecular weight is 389 g/mol. The first-order valence-electron chi connectivity index (χ1n) is 6.04. The largest absolute Gasteiger partial charge is 0.462 e. The summed E-state index contributed by atoms with van der Waals surface area (Å²) >= 11 is 10.4. The van der Waals surface area contributed by atoms with Crippen LogP contribution in [0, 0.1) is 0 Å². The van der Waals surface area contributed by atoms with Gasteiger partial charge in [0.15, 0.2) is 0 Å². The van der Waals surface area contributed by atoms with Gasteiger partial charge in [-0.15, -0.1) is 11.3 Å². The lowest BCUT2D eigenvalue weighted by molar-refractivity contribution is 0.0528. The van der Waals surface area contributed by atoms with E-state index in [0.29, 0.717) is 25.6 Å². The van der Waals surface area contributed by atoms with E-state index in [2.05, 4.69) is 21.2 Å². The third-order valence-electron chi connectivity index (χ3n) is 2.57. The molecule has 7 heteroatoms. The van der Waals surface area contributed by atoms with Crippen LogP contribution in [0.3, 0.4) is 0 Å². The SMILES string of the molecule is CCOC(=O)c1ccsc1NC(=O)c1ccc(Cl)c(Br)c1. The van der Waals surface area contributed by atoms with Gasteiger partial charge in [-0.05, 0) is 52.5 Å². The minimum Gasteiger partial charge on any atom is -0.462 e. The summed E-state index contributed by atoms with van der Waals surface area (Å²) in [6, 6.07) is 6.48. The Hall–Kier alpha value is -1.37. The highest BCUT2D eigenvalue weighted by Gasteiger charge is 2.17. The first-order chi connectivity index (χ1) is 10.0. The minimum atomic E-state index is -0.452. The van der Waals surface area contributed by atoms with Gasteiger partial charge in [-0.2, -0.15) is 0 Å². The van der Waals surface area contributed by atoms with Crippen molar-refractivity contribution in [3.05, 3.63) is 50.3 Å². The number of hydrogen-bond acceptors (Lipinski definition) is 4. The summed E-state index contributed by atoms with van der Waals surface area (Å²) in [6.07, 6.45) is 0. The molecule has 1 aromatic carbocycles. The highest BCUT2D eigenvalue weighted by atomic mass is 79.9. The topological polar surface area (TPSA) is 55.4 Å². The van der Waals surface area contributed by atoms with Gasteiger partial charge in [0, 0.05) is 10.0 Å². The Balaban J connectivity index is 2.18. The second-order valence-corrected chi connectivity index (χ2v) is 6.14. The lowest BCUT2D eigenvalue weighted by Gasteiger charge is -2.07. The normalized spacial score (nSPS) is 10.2. The molecule has 0 aliphatic carbocycles. The molecule has 0 radical (unpaired) electrons. The number of rotatable bonds is 4. The zero-order valence-electron chi connectivity index (χ0n) is 11.0. The summed E-state index contributed by atoms with van der Waals surface area (Å²) < 4.78 is 5.57. The van der Waals surface area contributed by atoms with Crippen molar-refractivity contribution < 1.29 is 14.3 Å². The van der Waals surface area contributed by atoms with Gasteiger partial charge < -0.3 is 10.1 Å². The van der Waals surface area contributed by atoms with Gasteiger partial charge in [0.05, 0.1) is 17.2 Å². The van der Waals surface area contributed by atoms with Crippen molar-refractivity contribution in [1.29, 1.82) is 0 Å². The standard InChI is InChI=1S/C14H11BrClNO3S/c1-2-20-14(19)9-5-6-21-13(9)17-12(18)8-3-4-11(16)10(15)7-8/h3-7H,2H2,1H3,(H,17,18). The van der Waals surface area contributed by atoms with E-state index in [1.165, 1.54) is 11.3 Å². The molecule has 2 rings (SSSR count). The van der Waals surface area contributed by atoms with E-state index in [4.69, 9.17) is 16.3 Å². The minimum absolute atomic E-state index is 0.284. The van der Waals surface area contributed by atoms with Crippen LogP contribution < -0.4 is 5.32 Å². The number of carbonyl (C=O) groups excluding carboxylic acids is 2. The molecule has 0 saturated carbocycles. The zero-order chi connectivity index (χ0) is 15.4. The Morgan fingerprint density at radius 2 is 2.14 bits per heavy atom. The molecular formula is C14H11BrClNO3S. The molecule has 0 aliphatic heterocycles. The number of hydrogen-bond donors (Lipinski definition) is 1. The van der Waals surface area contributed by atoms with Crippen molar-refractivity contribution in [2.75, 3.05) is 11.9 Å². The zero-order valence-corrected chi connectivity index (χ0v) is 14.1. The predicted molar refractivity (Wildman–Crippen MR) is 87.4 cm³/mol. The summed E-state index contributed by atoms with van der Waals surface area (Å²) in [6.45, 7) is 2.01. The molecule has 0 unspecified atom stereocenters. The van der Waals surface area contributed by atoms with Crippen LogP contribution in [0.15, 0.2) is 34.1 Å². The molecule has 0 atom stereocenters. The molecule has 21 heavy (non-hydrogen) atoms. The second kappa shape index (κ2) is 7.06. The molecule has 1 heterocycles. The number of anilines is 1. The molecule has 0 saturated heterocycles. The van der Waals surface area contributed by atoms with Gasteiger partial charge >= 0.3 is 5.97 Å². The molecule has 1 aromatic heterocycles. The van der Waals surface area contributed by atoms with Crippen LogP contribution in [0.5, 0.6) is 0 Å². The van der Waals surface area contributed by atoms with Gasteiger partial charge in [0.1, 0.15) is 5.00 Å². The van der Waals surface area contributed by atoms with Gasteiger partial charge in [0.2, 0.25) is 0 Å². The maximum absolute atomic E-state index is 12.2. The maximum atomic E-state index is 12.2. The Kier molecular flexibility index (Phi) is 5.39. The van der Waals surface area contributed by atoms with Crippen LogP contribution in [0.2, 0.25) is 5.02 Å². The third kappa shape index (κ3) is 3.84. The lowest BCUT2D eigenvalue weighted by Crippen LogP contribution is -2.14. The molecule has 0 aliphatic rings. The van der Waals surface area contributed by atoms with E-state index in [0.717, 1.165) is 0 Å². The van der Waals surface area contributed by atoms with Gasteiger partial charge in [-0.1, -0.05) is 11.6 Å². The van der Waals surface area contributed by atoms with E-state index in [9.17, 15) is 9.59 Å². The summed E-state index contributed by atoms with van der Waals surface area (Å²) in [5.74, 6) is -0.772. The van der Waals surface area contributed by atoms with Crippen LogP contribution in [0.4, 0.5) is 5.00 Å². The molecule has 0 bridgehead atoms. The number of benzene rings is 1. The van der Waals surface area contributed by atoms with Gasteiger partial charge in [0.25, 0.3) is 5.91 Å². The molecule has 1 N–H and O–H groups in total. The monoisotopic (exact) mass is 387 g/mol. The maximum Gasteiger partial charge on any atom is 0.341 e. The van der Waals surface area contributed by atoms with Crippen LogP contribution in [-0.4, -0.2) is 18.5 Å². The van der Waals surface area contributed by atoms with Crippen LogP contribution in [-0.2, 0) is 4.74 Å².